The number of benzene rings is 3. The molecule has 3 aromatic carbocycles. The third kappa shape index (κ3) is 3.84. The van der Waals surface area contributed by atoms with Crippen molar-refractivity contribution in [2.24, 2.45) is 0 Å². The highest BCUT2D eigenvalue weighted by Crippen LogP contribution is 2.37. The number of para-hydroxylation sites is 1. The van der Waals surface area contributed by atoms with Gasteiger partial charge in [-0.2, -0.15) is 5.10 Å². The van der Waals surface area contributed by atoms with Crippen molar-refractivity contribution >= 4 is 33.6 Å². The van der Waals surface area contributed by atoms with Crippen LogP contribution in [0.1, 0.15) is 18.4 Å². The van der Waals surface area contributed by atoms with Crippen molar-refractivity contribution in [3.63, 3.8) is 0 Å². The van der Waals surface area contributed by atoms with Crippen LogP contribution in [-0.4, -0.2) is 37.8 Å². The van der Waals surface area contributed by atoms with Crippen LogP contribution in [0, 0.1) is 0 Å². The van der Waals surface area contributed by atoms with Crippen LogP contribution in [0.5, 0.6) is 0 Å². The van der Waals surface area contributed by atoms with Crippen molar-refractivity contribution in [1.82, 2.24) is 24.7 Å². The molecule has 0 unspecified atom stereocenters. The number of nitrogen functional groups attached to an aromatic ring is 1. The zero-order valence-corrected chi connectivity index (χ0v) is 21.0. The lowest BCUT2D eigenvalue weighted by Crippen LogP contribution is -2.19. The zero-order valence-electron chi connectivity index (χ0n) is 21.0. The normalized spacial score (nSPS) is 13.5. The summed E-state index contributed by atoms with van der Waals surface area (Å²) in [5.41, 5.74) is 13.3. The second kappa shape index (κ2) is 9.27. The maximum absolute atomic E-state index is 6.47. The molecule has 0 aliphatic carbocycles. The van der Waals surface area contributed by atoms with E-state index in [4.69, 9.17) is 15.8 Å². The van der Waals surface area contributed by atoms with E-state index in [9.17, 15) is 0 Å². The van der Waals surface area contributed by atoms with E-state index in [-0.39, 0.29) is 0 Å². The van der Waals surface area contributed by atoms with E-state index in [2.05, 4.69) is 63.4 Å². The number of hydrogen-bond donors (Lipinski definition) is 1. The van der Waals surface area contributed by atoms with Gasteiger partial charge in [-0.05, 0) is 41.7 Å². The average molecular weight is 498 g/mol. The van der Waals surface area contributed by atoms with E-state index in [1.807, 2.05) is 41.1 Å². The van der Waals surface area contributed by atoms with Gasteiger partial charge in [-0.15, -0.1) is 0 Å². The molecule has 186 valence electrons. The van der Waals surface area contributed by atoms with E-state index in [1.165, 1.54) is 19.2 Å². The first-order chi connectivity index (χ1) is 18.8. The summed E-state index contributed by atoms with van der Waals surface area (Å²) in [6, 6.07) is 29.2. The maximum atomic E-state index is 6.47. The number of fused-ring (bicyclic) bond motifs is 2. The molecular weight excluding hydrogens is 470 g/mol. The van der Waals surface area contributed by atoms with Gasteiger partial charge in [-0.25, -0.2) is 19.6 Å². The van der Waals surface area contributed by atoms with Crippen molar-refractivity contribution < 1.29 is 0 Å². The lowest BCUT2D eigenvalue weighted by Gasteiger charge is -2.19. The van der Waals surface area contributed by atoms with Gasteiger partial charge in [0.1, 0.15) is 23.7 Å². The van der Waals surface area contributed by atoms with E-state index in [1.54, 1.807) is 0 Å². The second-order valence-electron chi connectivity index (χ2n) is 9.73. The fourth-order valence-electron chi connectivity index (χ4n) is 5.52. The van der Waals surface area contributed by atoms with E-state index >= 15 is 0 Å². The van der Waals surface area contributed by atoms with Crippen LogP contribution in [0.4, 0.5) is 11.6 Å². The molecule has 0 atom stereocenters. The summed E-state index contributed by atoms with van der Waals surface area (Å²) in [6.45, 7) is 2.63. The van der Waals surface area contributed by atoms with Crippen molar-refractivity contribution in [2.45, 2.75) is 19.4 Å². The van der Waals surface area contributed by atoms with Crippen LogP contribution in [0.2, 0.25) is 0 Å². The second-order valence-corrected chi connectivity index (χ2v) is 9.73. The molecule has 7 nitrogen and oxygen atoms in total. The summed E-state index contributed by atoms with van der Waals surface area (Å²) in [6.07, 6.45) is 3.92. The summed E-state index contributed by atoms with van der Waals surface area (Å²) in [5, 5.41) is 7.03. The van der Waals surface area contributed by atoms with Crippen LogP contribution >= 0.6 is 0 Å². The Balaban J connectivity index is 1.41. The van der Waals surface area contributed by atoms with Crippen LogP contribution in [0.25, 0.3) is 44.3 Å². The molecule has 0 saturated carbocycles. The van der Waals surface area contributed by atoms with Gasteiger partial charge in [0, 0.05) is 24.0 Å². The number of anilines is 2. The molecule has 3 aromatic heterocycles. The number of nitrogens with two attached hydrogens (primary N) is 1. The van der Waals surface area contributed by atoms with Crippen molar-refractivity contribution in [3.05, 3.63) is 96.8 Å². The van der Waals surface area contributed by atoms with Crippen molar-refractivity contribution in [1.29, 1.82) is 0 Å². The third-order valence-corrected chi connectivity index (χ3v) is 7.36. The molecule has 1 fully saturated rings. The van der Waals surface area contributed by atoms with Crippen molar-refractivity contribution in [2.75, 3.05) is 23.7 Å². The van der Waals surface area contributed by atoms with Crippen LogP contribution in [0.3, 0.4) is 0 Å². The molecule has 4 heterocycles. The topological polar surface area (TPSA) is 85.8 Å². The molecule has 0 radical (unpaired) electrons. The van der Waals surface area contributed by atoms with Gasteiger partial charge in [-0.1, -0.05) is 72.8 Å². The third-order valence-electron chi connectivity index (χ3n) is 7.36. The van der Waals surface area contributed by atoms with E-state index in [0.717, 1.165) is 68.8 Å². The lowest BCUT2D eigenvalue weighted by atomic mass is 9.97. The van der Waals surface area contributed by atoms with Gasteiger partial charge in [-0.3, -0.25) is 0 Å². The van der Waals surface area contributed by atoms with E-state index in [0.29, 0.717) is 12.4 Å². The Labute approximate surface area is 220 Å². The highest BCUT2D eigenvalue weighted by molar-refractivity contribution is 6.01. The average Bonchev–Trinajstić information content (AvgIpc) is 3.63. The number of hydrogen-bond acceptors (Lipinski definition) is 6. The van der Waals surface area contributed by atoms with Crippen LogP contribution in [0.15, 0.2) is 91.3 Å². The Morgan fingerprint density at radius 3 is 2.37 bits per heavy atom. The summed E-state index contributed by atoms with van der Waals surface area (Å²) in [4.78, 5) is 16.3. The maximum Gasteiger partial charge on any atom is 0.164 e. The number of nitrogens with zero attached hydrogens (tertiary/aromatic N) is 6. The predicted molar refractivity (Wildman–Crippen MR) is 153 cm³/mol. The monoisotopic (exact) mass is 497 g/mol. The predicted octanol–water partition coefficient (Wildman–Crippen LogP) is 5.94. The van der Waals surface area contributed by atoms with E-state index < -0.39 is 0 Å². The Kier molecular flexibility index (Phi) is 5.47. The number of rotatable bonds is 5. The summed E-state index contributed by atoms with van der Waals surface area (Å²) in [7, 11) is 0. The van der Waals surface area contributed by atoms with Gasteiger partial charge in [0.25, 0.3) is 0 Å². The van der Waals surface area contributed by atoms with Crippen LogP contribution < -0.4 is 10.6 Å². The minimum Gasteiger partial charge on any atom is -0.383 e. The Morgan fingerprint density at radius 1 is 0.789 bits per heavy atom. The largest absolute Gasteiger partial charge is 0.383 e. The van der Waals surface area contributed by atoms with Gasteiger partial charge < -0.3 is 10.6 Å². The highest BCUT2D eigenvalue weighted by atomic mass is 15.3. The summed E-state index contributed by atoms with van der Waals surface area (Å²) < 4.78 is 1.96. The first-order valence-corrected chi connectivity index (χ1v) is 13.0. The Morgan fingerprint density at radius 2 is 1.53 bits per heavy atom. The SMILES string of the molecule is Nc1ncnc2c1c(-c1ccccc1-c1ccccc1)nn2Cc1cc(N2CCCC2)nc2ccccc12. The smallest absolute Gasteiger partial charge is 0.164 e. The van der Waals surface area contributed by atoms with Gasteiger partial charge >= 0.3 is 0 Å². The zero-order chi connectivity index (χ0) is 25.5. The minimum atomic E-state index is 0.427. The Bertz CT molecular complexity index is 1770. The molecule has 1 aliphatic rings. The molecule has 0 amide bonds. The highest BCUT2D eigenvalue weighted by Gasteiger charge is 2.21. The fraction of sp³-hybridized carbons (Fsp3) is 0.161. The fourth-order valence-corrected chi connectivity index (χ4v) is 5.52. The lowest BCUT2D eigenvalue weighted by molar-refractivity contribution is 0.709. The minimum absolute atomic E-state index is 0.427. The molecule has 7 rings (SSSR count). The summed E-state index contributed by atoms with van der Waals surface area (Å²) in [5.74, 6) is 1.45. The molecule has 0 bridgehead atoms. The quantitative estimate of drug-likeness (QED) is 0.317. The molecule has 6 aromatic rings. The van der Waals surface area contributed by atoms with Gasteiger partial charge in [0.2, 0.25) is 0 Å². The molecule has 1 aliphatic heterocycles. The van der Waals surface area contributed by atoms with Gasteiger partial charge in [0.15, 0.2) is 5.65 Å². The molecule has 0 spiro atoms. The first kappa shape index (κ1) is 22.4. The number of pyridine rings is 1. The van der Waals surface area contributed by atoms with Crippen molar-refractivity contribution in [3.8, 4) is 22.4 Å². The number of aromatic nitrogens is 5. The molecule has 2 N–H and O–H groups in total. The molecule has 1 saturated heterocycles. The molecule has 7 heteroatoms. The van der Waals surface area contributed by atoms with Crippen LogP contribution in [-0.2, 0) is 6.54 Å². The standard InChI is InChI=1S/C31H27N7/c32-30-28-29(25-14-5-4-12-23(25)21-10-2-1-3-11-21)36-38(31(28)34-20-33-30)19-22-18-27(37-16-8-9-17-37)35-26-15-7-6-13-24(22)26/h1-7,10-15,18,20H,8-9,16-17,19H2,(H2,32,33,34). The molecular formula is C31H27N7. The Hall–Kier alpha value is -4.78. The first-order valence-electron chi connectivity index (χ1n) is 13.0. The molecule has 38 heavy (non-hydrogen) atoms. The van der Waals surface area contributed by atoms with Gasteiger partial charge in [0.05, 0.1) is 17.4 Å². The summed E-state index contributed by atoms with van der Waals surface area (Å²) >= 11 is 0.